The Labute approximate surface area is 98.0 Å². The maximum atomic E-state index is 10.4. The standard InChI is InChI=1S/C11H12N4O2/c16-10(17)2-1-7-15-8-13-14-11(15)9-3-5-12-6-4-9/h3-6,8H,1-2,7H2,(H,16,17). The van der Waals surface area contributed by atoms with E-state index in [0.717, 1.165) is 11.4 Å². The fourth-order valence-corrected chi connectivity index (χ4v) is 1.54. The van der Waals surface area contributed by atoms with E-state index in [-0.39, 0.29) is 6.42 Å². The van der Waals surface area contributed by atoms with Crippen molar-refractivity contribution < 1.29 is 9.90 Å². The van der Waals surface area contributed by atoms with Crippen LogP contribution in [0.25, 0.3) is 11.4 Å². The van der Waals surface area contributed by atoms with Crippen LogP contribution in [-0.4, -0.2) is 30.8 Å². The fraction of sp³-hybridized carbons (Fsp3) is 0.273. The lowest BCUT2D eigenvalue weighted by Gasteiger charge is -2.04. The van der Waals surface area contributed by atoms with Gasteiger partial charge in [0.2, 0.25) is 0 Å². The summed E-state index contributed by atoms with van der Waals surface area (Å²) < 4.78 is 1.85. The van der Waals surface area contributed by atoms with E-state index in [2.05, 4.69) is 15.2 Å². The molecule has 0 saturated carbocycles. The van der Waals surface area contributed by atoms with Gasteiger partial charge in [-0.1, -0.05) is 0 Å². The van der Waals surface area contributed by atoms with Crippen molar-refractivity contribution in [3.05, 3.63) is 30.9 Å². The van der Waals surface area contributed by atoms with E-state index in [1.165, 1.54) is 0 Å². The molecule has 0 aliphatic rings. The largest absolute Gasteiger partial charge is 0.481 e. The van der Waals surface area contributed by atoms with Gasteiger partial charge >= 0.3 is 5.97 Å². The number of carboxylic acids is 1. The van der Waals surface area contributed by atoms with Crippen molar-refractivity contribution in [3.63, 3.8) is 0 Å². The molecule has 0 bridgehead atoms. The molecule has 0 amide bonds. The number of aromatic nitrogens is 4. The highest BCUT2D eigenvalue weighted by atomic mass is 16.4. The highest BCUT2D eigenvalue weighted by Crippen LogP contribution is 2.15. The summed E-state index contributed by atoms with van der Waals surface area (Å²) in [5.41, 5.74) is 0.924. The molecule has 2 rings (SSSR count). The Morgan fingerprint density at radius 1 is 1.35 bits per heavy atom. The minimum Gasteiger partial charge on any atom is -0.481 e. The number of hydrogen-bond donors (Lipinski definition) is 1. The van der Waals surface area contributed by atoms with E-state index in [9.17, 15) is 4.79 Å². The van der Waals surface area contributed by atoms with E-state index < -0.39 is 5.97 Å². The van der Waals surface area contributed by atoms with Gasteiger partial charge in [-0.05, 0) is 18.6 Å². The zero-order valence-corrected chi connectivity index (χ0v) is 9.15. The van der Waals surface area contributed by atoms with Crippen molar-refractivity contribution in [2.45, 2.75) is 19.4 Å². The lowest BCUT2D eigenvalue weighted by molar-refractivity contribution is -0.137. The van der Waals surface area contributed by atoms with Crippen molar-refractivity contribution in [3.8, 4) is 11.4 Å². The highest BCUT2D eigenvalue weighted by molar-refractivity contribution is 5.66. The number of nitrogens with zero attached hydrogens (tertiary/aromatic N) is 4. The van der Waals surface area contributed by atoms with Crippen molar-refractivity contribution >= 4 is 5.97 Å². The second-order valence-corrected chi connectivity index (χ2v) is 3.58. The molecule has 0 saturated heterocycles. The molecule has 6 heteroatoms. The first-order chi connectivity index (χ1) is 8.27. The normalized spacial score (nSPS) is 10.4. The molecule has 0 aromatic carbocycles. The Morgan fingerprint density at radius 2 is 2.12 bits per heavy atom. The van der Waals surface area contributed by atoms with E-state index in [4.69, 9.17) is 5.11 Å². The summed E-state index contributed by atoms with van der Waals surface area (Å²) in [5.74, 6) is -0.0543. The van der Waals surface area contributed by atoms with E-state index in [1.54, 1.807) is 18.7 Å². The van der Waals surface area contributed by atoms with Crippen LogP contribution in [0.2, 0.25) is 0 Å². The molecule has 0 radical (unpaired) electrons. The molecule has 2 aromatic rings. The molecule has 0 spiro atoms. The molecule has 88 valence electrons. The number of carboxylic acid groups (broad SMARTS) is 1. The van der Waals surface area contributed by atoms with Crippen LogP contribution >= 0.6 is 0 Å². The molecule has 0 atom stereocenters. The van der Waals surface area contributed by atoms with E-state index >= 15 is 0 Å². The summed E-state index contributed by atoms with van der Waals surface area (Å²) in [6, 6.07) is 3.69. The zero-order valence-electron chi connectivity index (χ0n) is 9.15. The first-order valence-electron chi connectivity index (χ1n) is 5.27. The molecule has 0 fully saturated rings. The maximum absolute atomic E-state index is 10.4. The number of carbonyl (C=O) groups is 1. The van der Waals surface area contributed by atoms with Crippen molar-refractivity contribution in [1.29, 1.82) is 0 Å². The Bertz CT molecular complexity index is 495. The summed E-state index contributed by atoms with van der Waals surface area (Å²) in [6.07, 6.45) is 5.69. The third-order valence-electron chi connectivity index (χ3n) is 2.34. The number of aryl methyl sites for hydroxylation is 1. The van der Waals surface area contributed by atoms with Crippen molar-refractivity contribution in [2.24, 2.45) is 0 Å². The van der Waals surface area contributed by atoms with Crippen LogP contribution in [0.15, 0.2) is 30.9 Å². The Morgan fingerprint density at radius 3 is 2.82 bits per heavy atom. The van der Waals surface area contributed by atoms with E-state index in [1.807, 2.05) is 16.7 Å². The van der Waals surface area contributed by atoms with Gasteiger partial charge in [0.05, 0.1) is 0 Å². The monoisotopic (exact) mass is 232 g/mol. The fourth-order valence-electron chi connectivity index (χ4n) is 1.54. The number of rotatable bonds is 5. The minimum absolute atomic E-state index is 0.147. The Kier molecular flexibility index (Phi) is 3.44. The molecular formula is C11H12N4O2. The predicted molar refractivity (Wildman–Crippen MR) is 60.1 cm³/mol. The molecule has 0 aliphatic carbocycles. The van der Waals surface area contributed by atoms with Gasteiger partial charge in [-0.2, -0.15) is 0 Å². The molecular weight excluding hydrogens is 220 g/mol. The summed E-state index contributed by atoms with van der Waals surface area (Å²) in [4.78, 5) is 14.4. The number of pyridine rings is 1. The van der Waals surface area contributed by atoms with Crippen LogP contribution in [0.1, 0.15) is 12.8 Å². The van der Waals surface area contributed by atoms with Gasteiger partial charge in [0.1, 0.15) is 6.33 Å². The summed E-state index contributed by atoms with van der Waals surface area (Å²) in [6.45, 7) is 0.594. The molecule has 0 aliphatic heterocycles. The Hall–Kier alpha value is -2.24. The van der Waals surface area contributed by atoms with Crippen LogP contribution in [-0.2, 0) is 11.3 Å². The van der Waals surface area contributed by atoms with Gasteiger partial charge in [0.15, 0.2) is 5.82 Å². The average Bonchev–Trinajstić information content (AvgIpc) is 2.78. The van der Waals surface area contributed by atoms with Crippen LogP contribution < -0.4 is 0 Å². The van der Waals surface area contributed by atoms with Crippen LogP contribution in [0, 0.1) is 0 Å². The molecule has 6 nitrogen and oxygen atoms in total. The second kappa shape index (κ2) is 5.20. The van der Waals surface area contributed by atoms with Gasteiger partial charge in [-0.25, -0.2) is 0 Å². The second-order valence-electron chi connectivity index (χ2n) is 3.58. The van der Waals surface area contributed by atoms with E-state index in [0.29, 0.717) is 13.0 Å². The molecule has 17 heavy (non-hydrogen) atoms. The molecule has 2 aromatic heterocycles. The zero-order chi connectivity index (χ0) is 12.1. The topological polar surface area (TPSA) is 80.9 Å². The predicted octanol–water partition coefficient (Wildman–Crippen LogP) is 1.20. The molecule has 1 N–H and O–H groups in total. The summed E-state index contributed by atoms with van der Waals surface area (Å²) in [5, 5.41) is 16.4. The van der Waals surface area contributed by atoms with Gasteiger partial charge in [0.25, 0.3) is 0 Å². The molecule has 0 unspecified atom stereocenters. The number of aliphatic carboxylic acids is 1. The summed E-state index contributed by atoms with van der Waals surface area (Å²) in [7, 11) is 0. The lowest BCUT2D eigenvalue weighted by atomic mass is 10.2. The molecule has 2 heterocycles. The van der Waals surface area contributed by atoms with Gasteiger partial charge in [-0.3, -0.25) is 9.78 Å². The van der Waals surface area contributed by atoms with Gasteiger partial charge in [-0.15, -0.1) is 10.2 Å². The van der Waals surface area contributed by atoms with Gasteiger partial charge in [0, 0.05) is 30.9 Å². The third-order valence-corrected chi connectivity index (χ3v) is 2.34. The first-order valence-corrected chi connectivity index (χ1v) is 5.27. The van der Waals surface area contributed by atoms with Crippen LogP contribution in [0.5, 0.6) is 0 Å². The average molecular weight is 232 g/mol. The van der Waals surface area contributed by atoms with Crippen molar-refractivity contribution in [2.75, 3.05) is 0 Å². The van der Waals surface area contributed by atoms with Crippen LogP contribution in [0.4, 0.5) is 0 Å². The first kappa shape index (κ1) is 11.3. The smallest absolute Gasteiger partial charge is 0.303 e. The van der Waals surface area contributed by atoms with Crippen molar-refractivity contribution in [1.82, 2.24) is 19.7 Å². The quantitative estimate of drug-likeness (QED) is 0.837. The maximum Gasteiger partial charge on any atom is 0.303 e. The SMILES string of the molecule is O=C(O)CCCn1cnnc1-c1ccncc1. The highest BCUT2D eigenvalue weighted by Gasteiger charge is 2.07. The van der Waals surface area contributed by atoms with Gasteiger partial charge < -0.3 is 9.67 Å². The number of hydrogen-bond acceptors (Lipinski definition) is 4. The third kappa shape index (κ3) is 2.87. The Balaban J connectivity index is 2.10. The van der Waals surface area contributed by atoms with Crippen LogP contribution in [0.3, 0.4) is 0 Å². The summed E-state index contributed by atoms with van der Waals surface area (Å²) >= 11 is 0. The lowest BCUT2D eigenvalue weighted by Crippen LogP contribution is -2.03. The minimum atomic E-state index is -0.788.